The molecule has 1 aromatic carbocycles. The van der Waals surface area contributed by atoms with E-state index in [1.54, 1.807) is 6.07 Å². The molecule has 1 fully saturated rings. The number of hydrogen-bond donors (Lipinski definition) is 2. The number of benzene rings is 1. The lowest BCUT2D eigenvalue weighted by Crippen LogP contribution is -2.26. The molecule has 2 rings (SSSR count). The fraction of sp³-hybridized carbons (Fsp3) is 0.417. The van der Waals surface area contributed by atoms with Crippen LogP contribution in [-0.4, -0.2) is 34.9 Å². The Kier molecular flexibility index (Phi) is 5.43. The number of hydrogen-bond acceptors (Lipinski definition) is 5. The molecule has 0 radical (unpaired) electrons. The molecule has 110 valence electrons. The molecule has 20 heavy (non-hydrogen) atoms. The molecule has 0 aliphatic carbocycles. The Balaban J connectivity index is 0.00000200. The molecule has 1 aliphatic heterocycles. The predicted octanol–water partition coefficient (Wildman–Crippen LogP) is 0.649. The van der Waals surface area contributed by atoms with E-state index >= 15 is 0 Å². The maximum absolute atomic E-state index is 11.0. The van der Waals surface area contributed by atoms with Gasteiger partial charge in [0.15, 0.2) is 0 Å². The third kappa shape index (κ3) is 3.66. The number of rotatable bonds is 4. The summed E-state index contributed by atoms with van der Waals surface area (Å²) in [5.41, 5.74) is 11.6. The van der Waals surface area contributed by atoms with Crippen molar-refractivity contribution in [1.29, 1.82) is 0 Å². The van der Waals surface area contributed by atoms with Gasteiger partial charge in [-0.05, 0) is 12.5 Å². The average Bonchev–Trinajstić information content (AvgIpc) is 2.74. The fourth-order valence-corrected chi connectivity index (χ4v) is 2.27. The second-order valence-corrected chi connectivity index (χ2v) is 4.75. The molecule has 0 spiro atoms. The molecule has 0 bridgehead atoms. The van der Waals surface area contributed by atoms with Gasteiger partial charge in [-0.25, -0.2) is 0 Å². The number of carbonyl (C=O) groups excluding carboxylic acids is 1. The number of amides is 1. The van der Waals surface area contributed by atoms with E-state index in [0.29, 0.717) is 12.1 Å². The Morgan fingerprint density at radius 3 is 2.70 bits per heavy atom. The third-order valence-electron chi connectivity index (χ3n) is 3.27. The number of nitro groups is 1. The second kappa shape index (κ2) is 6.65. The number of halogens is 1. The van der Waals surface area contributed by atoms with Gasteiger partial charge in [0, 0.05) is 42.9 Å². The number of nitrogens with two attached hydrogens (primary N) is 2. The molecular weight excluding hydrogens is 284 g/mol. The van der Waals surface area contributed by atoms with Crippen molar-refractivity contribution in [3.8, 4) is 0 Å². The van der Waals surface area contributed by atoms with Crippen LogP contribution in [0.2, 0.25) is 0 Å². The van der Waals surface area contributed by atoms with Crippen molar-refractivity contribution in [3.05, 3.63) is 39.4 Å². The van der Waals surface area contributed by atoms with Crippen molar-refractivity contribution >= 4 is 24.0 Å². The van der Waals surface area contributed by atoms with Gasteiger partial charge in [0.25, 0.3) is 5.69 Å². The van der Waals surface area contributed by atoms with Crippen molar-refractivity contribution in [2.24, 2.45) is 11.5 Å². The molecule has 4 N–H and O–H groups in total. The van der Waals surface area contributed by atoms with Crippen LogP contribution < -0.4 is 11.5 Å². The SMILES string of the molecule is Cl.NC(=O)c1ccc(CN2CC[C@H](N)C2)c([N+](=O)[O-])c1. The van der Waals surface area contributed by atoms with Gasteiger partial charge in [-0.3, -0.25) is 19.8 Å². The van der Waals surface area contributed by atoms with Gasteiger partial charge >= 0.3 is 0 Å². The van der Waals surface area contributed by atoms with Crippen molar-refractivity contribution in [3.63, 3.8) is 0 Å². The van der Waals surface area contributed by atoms with Crippen molar-refractivity contribution in [2.45, 2.75) is 19.0 Å². The number of nitro benzene ring substituents is 1. The van der Waals surface area contributed by atoms with Crippen LogP contribution in [0.4, 0.5) is 5.69 Å². The molecule has 1 saturated heterocycles. The standard InChI is InChI=1S/C12H16N4O3.ClH/c13-10-3-4-15(7-10)6-9-2-1-8(12(14)17)5-11(9)16(18)19;/h1-2,5,10H,3-4,6-7,13H2,(H2,14,17);1H/t10-;/m0./s1. The van der Waals surface area contributed by atoms with E-state index in [0.717, 1.165) is 19.5 Å². The Bertz CT molecular complexity index is 523. The highest BCUT2D eigenvalue weighted by molar-refractivity contribution is 5.93. The van der Waals surface area contributed by atoms with E-state index in [1.165, 1.54) is 12.1 Å². The summed E-state index contributed by atoms with van der Waals surface area (Å²) in [6, 6.07) is 4.46. The van der Waals surface area contributed by atoms with Gasteiger partial charge in [0.2, 0.25) is 5.91 Å². The number of nitrogens with zero attached hydrogens (tertiary/aromatic N) is 2. The fourth-order valence-electron chi connectivity index (χ4n) is 2.27. The van der Waals surface area contributed by atoms with E-state index in [2.05, 4.69) is 4.90 Å². The van der Waals surface area contributed by atoms with Gasteiger partial charge in [-0.2, -0.15) is 0 Å². The molecule has 1 aliphatic rings. The zero-order valence-corrected chi connectivity index (χ0v) is 11.6. The van der Waals surface area contributed by atoms with E-state index in [4.69, 9.17) is 11.5 Å². The monoisotopic (exact) mass is 300 g/mol. The van der Waals surface area contributed by atoms with Crippen LogP contribution in [0.5, 0.6) is 0 Å². The van der Waals surface area contributed by atoms with E-state index in [1.807, 2.05) is 0 Å². The average molecular weight is 301 g/mol. The Hall–Kier alpha value is -1.70. The molecule has 1 amide bonds. The summed E-state index contributed by atoms with van der Waals surface area (Å²) < 4.78 is 0. The van der Waals surface area contributed by atoms with Crippen LogP contribution in [0.25, 0.3) is 0 Å². The summed E-state index contributed by atoms with van der Waals surface area (Å²) in [7, 11) is 0. The summed E-state index contributed by atoms with van der Waals surface area (Å²) in [4.78, 5) is 23.7. The summed E-state index contributed by atoms with van der Waals surface area (Å²) in [5.74, 6) is -0.669. The van der Waals surface area contributed by atoms with Crippen molar-refractivity contribution < 1.29 is 9.72 Å². The summed E-state index contributed by atoms with van der Waals surface area (Å²) >= 11 is 0. The first-order valence-corrected chi connectivity index (χ1v) is 6.02. The van der Waals surface area contributed by atoms with Crippen molar-refractivity contribution in [1.82, 2.24) is 4.90 Å². The highest BCUT2D eigenvalue weighted by atomic mass is 35.5. The highest BCUT2D eigenvalue weighted by Gasteiger charge is 2.23. The van der Waals surface area contributed by atoms with Crippen LogP contribution in [0.15, 0.2) is 18.2 Å². The molecule has 8 heteroatoms. The van der Waals surface area contributed by atoms with Crippen LogP contribution >= 0.6 is 12.4 Å². The largest absolute Gasteiger partial charge is 0.366 e. The summed E-state index contributed by atoms with van der Waals surface area (Å²) in [6.07, 6.45) is 0.896. The van der Waals surface area contributed by atoms with E-state index in [9.17, 15) is 14.9 Å². The number of primary amides is 1. The van der Waals surface area contributed by atoms with Gasteiger partial charge in [0.05, 0.1) is 4.92 Å². The molecule has 0 saturated carbocycles. The zero-order valence-electron chi connectivity index (χ0n) is 10.8. The second-order valence-electron chi connectivity index (χ2n) is 4.75. The molecule has 0 unspecified atom stereocenters. The topological polar surface area (TPSA) is 115 Å². The molecule has 0 aromatic heterocycles. The first-order valence-electron chi connectivity index (χ1n) is 6.02. The van der Waals surface area contributed by atoms with Crippen LogP contribution in [0.1, 0.15) is 22.3 Å². The lowest BCUT2D eigenvalue weighted by molar-refractivity contribution is -0.385. The maximum Gasteiger partial charge on any atom is 0.274 e. The first kappa shape index (κ1) is 16.4. The maximum atomic E-state index is 11.0. The van der Waals surface area contributed by atoms with Crippen LogP contribution in [-0.2, 0) is 6.54 Å². The minimum Gasteiger partial charge on any atom is -0.366 e. The molecular formula is C12H17ClN4O3. The normalized spacial score (nSPS) is 18.6. The highest BCUT2D eigenvalue weighted by Crippen LogP contribution is 2.23. The van der Waals surface area contributed by atoms with E-state index < -0.39 is 10.8 Å². The molecule has 7 nitrogen and oxygen atoms in total. The third-order valence-corrected chi connectivity index (χ3v) is 3.27. The van der Waals surface area contributed by atoms with Crippen LogP contribution in [0.3, 0.4) is 0 Å². The molecule has 1 atom stereocenters. The van der Waals surface area contributed by atoms with E-state index in [-0.39, 0.29) is 29.7 Å². The Labute approximate surface area is 122 Å². The number of likely N-dealkylation sites (tertiary alicyclic amines) is 1. The first-order chi connectivity index (χ1) is 8.97. The predicted molar refractivity (Wildman–Crippen MR) is 76.7 cm³/mol. The van der Waals surface area contributed by atoms with Gasteiger partial charge in [0.1, 0.15) is 0 Å². The van der Waals surface area contributed by atoms with Gasteiger partial charge < -0.3 is 11.5 Å². The zero-order chi connectivity index (χ0) is 14.0. The lowest BCUT2D eigenvalue weighted by Gasteiger charge is -2.15. The van der Waals surface area contributed by atoms with Crippen molar-refractivity contribution in [2.75, 3.05) is 13.1 Å². The van der Waals surface area contributed by atoms with Gasteiger partial charge in [-0.15, -0.1) is 12.4 Å². The Morgan fingerprint density at radius 2 is 2.20 bits per heavy atom. The Morgan fingerprint density at radius 1 is 1.50 bits per heavy atom. The lowest BCUT2D eigenvalue weighted by atomic mass is 10.1. The molecule has 1 heterocycles. The quantitative estimate of drug-likeness (QED) is 0.625. The van der Waals surface area contributed by atoms with Gasteiger partial charge in [-0.1, -0.05) is 6.07 Å². The molecule has 1 aromatic rings. The smallest absolute Gasteiger partial charge is 0.274 e. The summed E-state index contributed by atoms with van der Waals surface area (Å²) in [6.45, 7) is 2.02. The summed E-state index contributed by atoms with van der Waals surface area (Å²) in [5, 5.41) is 11.0. The van der Waals surface area contributed by atoms with Crippen LogP contribution in [0, 0.1) is 10.1 Å². The minimum absolute atomic E-state index is 0. The number of carbonyl (C=O) groups is 1. The minimum atomic E-state index is -0.669.